The maximum absolute atomic E-state index is 11.7. The molecule has 7 heteroatoms. The van der Waals surface area contributed by atoms with E-state index in [1.807, 2.05) is 19.1 Å². The number of carbonyl (C=O) groups is 1. The van der Waals surface area contributed by atoms with Crippen molar-refractivity contribution in [3.8, 4) is 5.75 Å². The summed E-state index contributed by atoms with van der Waals surface area (Å²) in [6.07, 6.45) is 1.29. The maximum atomic E-state index is 11.7. The number of aryl methyl sites for hydroxylation is 1. The van der Waals surface area contributed by atoms with Gasteiger partial charge in [-0.3, -0.25) is 4.79 Å². The van der Waals surface area contributed by atoms with E-state index < -0.39 is 16.6 Å². The van der Waals surface area contributed by atoms with Gasteiger partial charge < -0.3 is 20.2 Å². The zero-order chi connectivity index (χ0) is 15.2. The standard InChI is InChI=1S/C14H13N3O4/c1-10-4-6-11(7-5-10)16-13(18)9-21-12-3-2-8-15-14(12)17(19)20/h2-8H,9H2,1H3,(H,16,18). The van der Waals surface area contributed by atoms with Gasteiger partial charge in [-0.15, -0.1) is 0 Å². The van der Waals surface area contributed by atoms with E-state index in [9.17, 15) is 14.9 Å². The molecule has 0 spiro atoms. The zero-order valence-electron chi connectivity index (χ0n) is 11.3. The Kier molecular flexibility index (Phi) is 4.45. The molecule has 1 N–H and O–H groups in total. The third-order valence-electron chi connectivity index (χ3n) is 2.62. The van der Waals surface area contributed by atoms with Crippen LogP contribution in [0.5, 0.6) is 5.75 Å². The average molecular weight is 287 g/mol. The van der Waals surface area contributed by atoms with Crippen LogP contribution in [-0.2, 0) is 4.79 Å². The van der Waals surface area contributed by atoms with E-state index in [0.29, 0.717) is 5.69 Å². The molecule has 108 valence electrons. The number of anilines is 1. The molecule has 0 bridgehead atoms. The Bertz CT molecular complexity index is 656. The molecule has 0 aliphatic heterocycles. The lowest BCUT2D eigenvalue weighted by atomic mass is 10.2. The highest BCUT2D eigenvalue weighted by molar-refractivity contribution is 5.91. The average Bonchev–Trinajstić information content (AvgIpc) is 2.48. The van der Waals surface area contributed by atoms with Crippen molar-refractivity contribution in [1.82, 2.24) is 4.98 Å². The summed E-state index contributed by atoms with van der Waals surface area (Å²) in [5.74, 6) is -0.862. The van der Waals surface area contributed by atoms with Crippen molar-refractivity contribution >= 4 is 17.4 Å². The summed E-state index contributed by atoms with van der Waals surface area (Å²) in [6.45, 7) is 1.61. The summed E-state index contributed by atoms with van der Waals surface area (Å²) in [7, 11) is 0. The number of carbonyl (C=O) groups excluding carboxylic acids is 1. The highest BCUT2D eigenvalue weighted by Gasteiger charge is 2.16. The lowest BCUT2D eigenvalue weighted by Crippen LogP contribution is -2.20. The first-order valence-electron chi connectivity index (χ1n) is 6.15. The molecule has 1 heterocycles. The van der Waals surface area contributed by atoms with Crippen molar-refractivity contribution < 1.29 is 14.5 Å². The number of aromatic nitrogens is 1. The highest BCUT2D eigenvalue weighted by Crippen LogP contribution is 2.22. The van der Waals surface area contributed by atoms with Gasteiger partial charge in [-0.25, -0.2) is 0 Å². The lowest BCUT2D eigenvalue weighted by Gasteiger charge is -2.07. The van der Waals surface area contributed by atoms with Gasteiger partial charge in [0.1, 0.15) is 6.20 Å². The Morgan fingerprint density at radius 3 is 2.71 bits per heavy atom. The highest BCUT2D eigenvalue weighted by atomic mass is 16.6. The first-order valence-corrected chi connectivity index (χ1v) is 6.15. The van der Waals surface area contributed by atoms with E-state index in [2.05, 4.69) is 10.3 Å². The number of hydrogen-bond acceptors (Lipinski definition) is 5. The Labute approximate surface area is 120 Å². The number of nitrogens with zero attached hydrogens (tertiary/aromatic N) is 2. The fourth-order valence-corrected chi connectivity index (χ4v) is 1.61. The molecule has 0 saturated carbocycles. The number of nitro groups is 1. The number of benzene rings is 1. The third-order valence-corrected chi connectivity index (χ3v) is 2.62. The van der Waals surface area contributed by atoms with Crippen LogP contribution >= 0.6 is 0 Å². The molecular weight excluding hydrogens is 274 g/mol. The van der Waals surface area contributed by atoms with Crippen molar-refractivity contribution in [2.45, 2.75) is 6.92 Å². The topological polar surface area (TPSA) is 94.4 Å². The molecule has 1 amide bonds. The fraction of sp³-hybridized carbons (Fsp3) is 0.143. The first kappa shape index (κ1) is 14.4. The number of amides is 1. The molecule has 0 aliphatic rings. The minimum atomic E-state index is -0.660. The lowest BCUT2D eigenvalue weighted by molar-refractivity contribution is -0.390. The summed E-state index contributed by atoms with van der Waals surface area (Å²) in [6, 6.07) is 10.1. The van der Waals surface area contributed by atoms with Gasteiger partial charge in [-0.1, -0.05) is 17.7 Å². The van der Waals surface area contributed by atoms with Gasteiger partial charge in [-0.05, 0) is 41.1 Å². The number of pyridine rings is 1. The maximum Gasteiger partial charge on any atom is 0.406 e. The van der Waals surface area contributed by atoms with Crippen LogP contribution in [0, 0.1) is 17.0 Å². The summed E-state index contributed by atoms with van der Waals surface area (Å²) in [5, 5.41) is 13.4. The van der Waals surface area contributed by atoms with Crippen LogP contribution < -0.4 is 10.1 Å². The Balaban J connectivity index is 1.95. The Hall–Kier alpha value is -2.96. The first-order chi connectivity index (χ1) is 10.1. The van der Waals surface area contributed by atoms with Gasteiger partial charge in [0, 0.05) is 5.69 Å². The molecule has 0 atom stereocenters. The van der Waals surface area contributed by atoms with Gasteiger partial charge in [0.25, 0.3) is 5.91 Å². The molecule has 1 aromatic carbocycles. The summed E-state index contributed by atoms with van der Waals surface area (Å²) < 4.78 is 5.14. The predicted molar refractivity (Wildman–Crippen MR) is 76.2 cm³/mol. The molecular formula is C14H13N3O4. The SMILES string of the molecule is Cc1ccc(NC(=O)COc2cccnc2[N+](=O)[O-])cc1. The van der Waals surface area contributed by atoms with Crippen LogP contribution in [0.15, 0.2) is 42.6 Å². The molecule has 2 rings (SSSR count). The van der Waals surface area contributed by atoms with E-state index in [4.69, 9.17) is 4.74 Å². The summed E-state index contributed by atoms with van der Waals surface area (Å²) >= 11 is 0. The van der Waals surface area contributed by atoms with E-state index in [1.165, 1.54) is 18.3 Å². The monoisotopic (exact) mass is 287 g/mol. The molecule has 0 aliphatic carbocycles. The quantitative estimate of drug-likeness (QED) is 0.672. The molecule has 21 heavy (non-hydrogen) atoms. The van der Waals surface area contributed by atoms with E-state index in [-0.39, 0.29) is 12.4 Å². The molecule has 0 radical (unpaired) electrons. The van der Waals surface area contributed by atoms with Crippen LogP contribution in [0.4, 0.5) is 11.5 Å². The van der Waals surface area contributed by atoms with Crippen LogP contribution in [0.2, 0.25) is 0 Å². The normalized spacial score (nSPS) is 9.95. The number of hydrogen-bond donors (Lipinski definition) is 1. The second-order valence-electron chi connectivity index (χ2n) is 4.29. The van der Waals surface area contributed by atoms with Crippen LogP contribution in [-0.4, -0.2) is 22.4 Å². The second-order valence-corrected chi connectivity index (χ2v) is 4.29. The molecule has 0 unspecified atom stereocenters. The largest absolute Gasteiger partial charge is 0.476 e. The van der Waals surface area contributed by atoms with Gasteiger partial charge in [0.05, 0.1) is 0 Å². The summed E-state index contributed by atoms with van der Waals surface area (Å²) in [4.78, 5) is 25.4. The second kappa shape index (κ2) is 6.47. The van der Waals surface area contributed by atoms with Crippen LogP contribution in [0.25, 0.3) is 0 Å². The van der Waals surface area contributed by atoms with E-state index in [0.717, 1.165) is 5.56 Å². The minimum absolute atomic E-state index is 0.0402. The van der Waals surface area contributed by atoms with Gasteiger partial charge in [-0.2, -0.15) is 0 Å². The Morgan fingerprint density at radius 2 is 2.05 bits per heavy atom. The van der Waals surface area contributed by atoms with Crippen molar-refractivity contribution in [2.24, 2.45) is 0 Å². The molecule has 0 fully saturated rings. The molecule has 2 aromatic rings. The minimum Gasteiger partial charge on any atom is -0.476 e. The van der Waals surface area contributed by atoms with Gasteiger partial charge in [0.2, 0.25) is 5.75 Å². The molecule has 7 nitrogen and oxygen atoms in total. The van der Waals surface area contributed by atoms with Crippen molar-refractivity contribution in [3.05, 3.63) is 58.3 Å². The van der Waals surface area contributed by atoms with Crippen molar-refractivity contribution in [3.63, 3.8) is 0 Å². The van der Waals surface area contributed by atoms with Crippen molar-refractivity contribution in [2.75, 3.05) is 11.9 Å². The summed E-state index contributed by atoms with van der Waals surface area (Å²) in [5.41, 5.74) is 1.71. The number of rotatable bonds is 5. The van der Waals surface area contributed by atoms with Crippen molar-refractivity contribution in [1.29, 1.82) is 0 Å². The predicted octanol–water partition coefficient (Wildman–Crippen LogP) is 2.32. The number of ether oxygens (including phenoxy) is 1. The van der Waals surface area contributed by atoms with Gasteiger partial charge in [0.15, 0.2) is 6.61 Å². The van der Waals surface area contributed by atoms with Crippen LogP contribution in [0.3, 0.4) is 0 Å². The van der Waals surface area contributed by atoms with Crippen LogP contribution in [0.1, 0.15) is 5.56 Å². The third kappa shape index (κ3) is 4.00. The Morgan fingerprint density at radius 1 is 1.33 bits per heavy atom. The molecule has 1 aromatic heterocycles. The van der Waals surface area contributed by atoms with Gasteiger partial charge >= 0.3 is 5.82 Å². The zero-order valence-corrected chi connectivity index (χ0v) is 11.3. The number of nitrogens with one attached hydrogen (secondary N) is 1. The van der Waals surface area contributed by atoms with E-state index in [1.54, 1.807) is 12.1 Å². The van der Waals surface area contributed by atoms with E-state index >= 15 is 0 Å². The molecule has 0 saturated heterocycles. The fourth-order valence-electron chi connectivity index (χ4n) is 1.61. The smallest absolute Gasteiger partial charge is 0.406 e.